The number of rotatable bonds is 4. The minimum Gasteiger partial charge on any atom is -0.450 e. The summed E-state index contributed by atoms with van der Waals surface area (Å²) in [4.78, 5) is 11.3. The number of carbonyl (C=O) groups is 1. The van der Waals surface area contributed by atoms with E-state index in [0.29, 0.717) is 0 Å². The molecule has 0 saturated heterocycles. The zero-order valence-electron chi connectivity index (χ0n) is 10.8. The van der Waals surface area contributed by atoms with Gasteiger partial charge in [-0.05, 0) is 26.0 Å². The highest BCUT2D eigenvalue weighted by molar-refractivity contribution is 7.95. The van der Waals surface area contributed by atoms with Gasteiger partial charge in [0, 0.05) is 0 Å². The van der Waals surface area contributed by atoms with Gasteiger partial charge in [0.05, 0.1) is 11.5 Å². The molecule has 1 N–H and O–H groups in total. The molecule has 0 heterocycles. The van der Waals surface area contributed by atoms with Crippen LogP contribution >= 0.6 is 23.2 Å². The van der Waals surface area contributed by atoms with Crippen molar-refractivity contribution < 1.29 is 17.9 Å². The average molecular weight is 338 g/mol. The Morgan fingerprint density at radius 1 is 1.25 bits per heavy atom. The number of nitrogens with one attached hydrogen (secondary N) is 1. The average Bonchev–Trinajstić information content (AvgIpc) is 2.36. The van der Waals surface area contributed by atoms with E-state index >= 15 is 0 Å². The van der Waals surface area contributed by atoms with Crippen LogP contribution < -0.4 is 5.32 Å². The van der Waals surface area contributed by atoms with Crippen LogP contribution in [0.2, 0.25) is 0 Å². The number of benzene rings is 1. The molecule has 1 rings (SSSR count). The summed E-state index contributed by atoms with van der Waals surface area (Å²) in [6.45, 7) is 3.49. The number of carbonyl (C=O) groups excluding carboxylic acids is 1. The van der Waals surface area contributed by atoms with Gasteiger partial charge in [0.25, 0.3) is 0 Å². The van der Waals surface area contributed by atoms with Gasteiger partial charge < -0.3 is 4.74 Å². The first-order valence-corrected chi connectivity index (χ1v) is 7.83. The Bertz CT molecular complexity index is 619. The number of aryl methyl sites for hydroxylation is 1. The molecule has 0 saturated carbocycles. The fourth-order valence-corrected chi connectivity index (χ4v) is 3.17. The largest absolute Gasteiger partial charge is 0.450 e. The Morgan fingerprint density at radius 3 is 2.25 bits per heavy atom. The Balaban J connectivity index is 3.18. The summed E-state index contributed by atoms with van der Waals surface area (Å²) < 4.78 is 28.7. The van der Waals surface area contributed by atoms with E-state index in [-0.39, 0.29) is 11.5 Å². The van der Waals surface area contributed by atoms with E-state index in [0.717, 1.165) is 5.56 Å². The lowest BCUT2D eigenvalue weighted by Gasteiger charge is -2.11. The molecule has 0 bridgehead atoms. The van der Waals surface area contributed by atoms with Crippen molar-refractivity contribution in [2.75, 3.05) is 6.61 Å². The maximum absolute atomic E-state index is 12.3. The number of amides is 1. The molecule has 0 unspecified atom stereocenters. The summed E-state index contributed by atoms with van der Waals surface area (Å²) in [5.41, 5.74) is 0.893. The van der Waals surface area contributed by atoms with Crippen LogP contribution in [0.5, 0.6) is 0 Å². The maximum atomic E-state index is 12.3. The van der Waals surface area contributed by atoms with Crippen LogP contribution in [-0.4, -0.2) is 21.1 Å². The van der Waals surface area contributed by atoms with Crippen LogP contribution in [0, 0.1) is 6.92 Å². The second kappa shape index (κ2) is 6.97. The molecule has 0 aromatic heterocycles. The third-order valence-corrected chi connectivity index (χ3v) is 4.60. The molecule has 0 fully saturated rings. The Kier molecular flexibility index (Phi) is 5.86. The summed E-state index contributed by atoms with van der Waals surface area (Å²) in [5.74, 6) is 0. The van der Waals surface area contributed by atoms with Gasteiger partial charge in [-0.15, -0.1) is 0 Å². The van der Waals surface area contributed by atoms with E-state index in [2.05, 4.69) is 4.74 Å². The van der Waals surface area contributed by atoms with E-state index in [1.807, 2.05) is 12.2 Å². The van der Waals surface area contributed by atoms with Crippen molar-refractivity contribution in [1.29, 1.82) is 0 Å². The van der Waals surface area contributed by atoms with E-state index in [9.17, 15) is 13.2 Å². The number of sulfone groups is 1. The van der Waals surface area contributed by atoms with Gasteiger partial charge in [0.1, 0.15) is 4.49 Å². The number of halogens is 2. The molecule has 110 valence electrons. The Labute approximate surface area is 127 Å². The summed E-state index contributed by atoms with van der Waals surface area (Å²) >= 11 is 11.1. The normalized spacial score (nSPS) is 10.8. The van der Waals surface area contributed by atoms with Crippen LogP contribution in [0.1, 0.15) is 12.5 Å². The molecule has 0 atom stereocenters. The highest BCUT2D eigenvalue weighted by Gasteiger charge is 2.26. The van der Waals surface area contributed by atoms with Gasteiger partial charge in [-0.2, -0.15) is 0 Å². The molecule has 0 aliphatic heterocycles. The van der Waals surface area contributed by atoms with Gasteiger partial charge in [-0.25, -0.2) is 13.2 Å². The second-order valence-electron chi connectivity index (χ2n) is 3.75. The van der Waals surface area contributed by atoms with Gasteiger partial charge in [-0.3, -0.25) is 5.32 Å². The highest BCUT2D eigenvalue weighted by atomic mass is 35.5. The third kappa shape index (κ3) is 4.13. The van der Waals surface area contributed by atoms with Gasteiger partial charge in [0.15, 0.2) is 5.03 Å². The molecule has 0 radical (unpaired) electrons. The summed E-state index contributed by atoms with van der Waals surface area (Å²) in [6, 6.07) is 6.04. The van der Waals surface area contributed by atoms with Crippen LogP contribution in [-0.2, 0) is 14.6 Å². The molecule has 1 aromatic carbocycles. The highest BCUT2D eigenvalue weighted by Crippen LogP contribution is 2.24. The summed E-state index contributed by atoms with van der Waals surface area (Å²) in [6.07, 6.45) is -0.947. The van der Waals surface area contributed by atoms with Crippen LogP contribution in [0.15, 0.2) is 38.7 Å². The number of ether oxygens (including phenoxy) is 1. The van der Waals surface area contributed by atoms with Crippen molar-refractivity contribution in [3.05, 3.63) is 39.3 Å². The van der Waals surface area contributed by atoms with E-state index in [1.165, 1.54) is 12.1 Å². The first-order valence-electron chi connectivity index (χ1n) is 5.59. The van der Waals surface area contributed by atoms with Gasteiger partial charge in [-0.1, -0.05) is 40.9 Å². The zero-order chi connectivity index (χ0) is 15.3. The van der Waals surface area contributed by atoms with Crippen LogP contribution in [0.3, 0.4) is 0 Å². The van der Waals surface area contributed by atoms with Crippen LogP contribution in [0.4, 0.5) is 4.79 Å². The first-order chi connectivity index (χ1) is 9.28. The third-order valence-electron chi connectivity index (χ3n) is 2.26. The smallest absolute Gasteiger partial charge is 0.412 e. The standard InChI is InChI=1S/C12H13Cl2NO4S/c1-3-19-12(16)15-11(10(13)14)20(17,18)9-6-4-8(2)5-7-9/h4-7H,3H2,1-2H3,(H,15,16). The van der Waals surface area contributed by atoms with Crippen LogP contribution in [0.25, 0.3) is 0 Å². The predicted octanol–water partition coefficient (Wildman–Crippen LogP) is 3.12. The zero-order valence-corrected chi connectivity index (χ0v) is 13.1. The molecule has 0 aliphatic rings. The van der Waals surface area contributed by atoms with E-state index in [4.69, 9.17) is 23.2 Å². The van der Waals surface area contributed by atoms with E-state index in [1.54, 1.807) is 19.1 Å². The first kappa shape index (κ1) is 16.8. The lowest BCUT2D eigenvalue weighted by molar-refractivity contribution is 0.156. The quantitative estimate of drug-likeness (QED) is 0.916. The molecule has 5 nitrogen and oxygen atoms in total. The lowest BCUT2D eigenvalue weighted by Crippen LogP contribution is -2.28. The number of hydrogen-bond acceptors (Lipinski definition) is 4. The van der Waals surface area contributed by atoms with E-state index < -0.39 is 25.5 Å². The molecule has 1 aromatic rings. The predicted molar refractivity (Wildman–Crippen MR) is 77.3 cm³/mol. The molecule has 0 aliphatic carbocycles. The van der Waals surface area contributed by atoms with Crippen molar-refractivity contribution in [3.8, 4) is 0 Å². The molecule has 8 heteroatoms. The molecule has 20 heavy (non-hydrogen) atoms. The van der Waals surface area contributed by atoms with Crippen molar-refractivity contribution in [2.24, 2.45) is 0 Å². The number of hydrogen-bond donors (Lipinski definition) is 1. The number of alkyl carbamates (subject to hydrolysis) is 1. The minimum absolute atomic E-state index is 0.0336. The molecular weight excluding hydrogens is 325 g/mol. The monoisotopic (exact) mass is 337 g/mol. The Morgan fingerprint density at radius 2 is 1.80 bits per heavy atom. The summed E-state index contributed by atoms with van der Waals surface area (Å²) in [5, 5.41) is 1.43. The summed E-state index contributed by atoms with van der Waals surface area (Å²) in [7, 11) is -4.03. The lowest BCUT2D eigenvalue weighted by atomic mass is 10.2. The van der Waals surface area contributed by atoms with Gasteiger partial charge >= 0.3 is 6.09 Å². The molecular formula is C12H13Cl2NO4S. The fraction of sp³-hybridized carbons (Fsp3) is 0.250. The maximum Gasteiger partial charge on any atom is 0.412 e. The SMILES string of the molecule is CCOC(=O)NC(=C(Cl)Cl)S(=O)(=O)c1ccc(C)cc1. The minimum atomic E-state index is -4.03. The molecule has 1 amide bonds. The van der Waals surface area contributed by atoms with Crippen molar-refractivity contribution in [3.63, 3.8) is 0 Å². The van der Waals surface area contributed by atoms with Crippen molar-refractivity contribution >= 4 is 39.1 Å². The Hall–Kier alpha value is -1.24. The van der Waals surface area contributed by atoms with Crippen molar-refractivity contribution in [2.45, 2.75) is 18.7 Å². The van der Waals surface area contributed by atoms with Gasteiger partial charge in [0.2, 0.25) is 9.84 Å². The van der Waals surface area contributed by atoms with Crippen molar-refractivity contribution in [1.82, 2.24) is 5.32 Å². The second-order valence-corrected chi connectivity index (χ2v) is 6.59. The molecule has 0 spiro atoms. The topological polar surface area (TPSA) is 72.5 Å². The fourth-order valence-electron chi connectivity index (χ4n) is 1.31.